The van der Waals surface area contributed by atoms with Crippen molar-refractivity contribution in [1.82, 2.24) is 9.88 Å². The predicted octanol–water partition coefficient (Wildman–Crippen LogP) is -2.02. The Kier molecular flexibility index (Phi) is 4.72. The minimum atomic E-state index is -2.83. The summed E-state index contributed by atoms with van der Waals surface area (Å²) < 4.78 is 14.5. The van der Waals surface area contributed by atoms with E-state index in [1.807, 2.05) is 0 Å². The van der Waals surface area contributed by atoms with Gasteiger partial charge in [-0.1, -0.05) is 0 Å². The molecule has 0 spiro atoms. The van der Waals surface area contributed by atoms with Crippen LogP contribution >= 0.6 is 0 Å². The van der Waals surface area contributed by atoms with E-state index in [1.165, 1.54) is 19.0 Å². The van der Waals surface area contributed by atoms with E-state index in [4.69, 9.17) is 11.5 Å². The lowest BCUT2D eigenvalue weighted by Crippen LogP contribution is -2.74. The predicted molar refractivity (Wildman–Crippen MR) is 104 cm³/mol. The minimum Gasteiger partial charge on any atom is -0.504 e. The third kappa shape index (κ3) is 2.59. The molecule has 0 aromatic carbocycles. The number of aromatic hydroxyl groups is 1. The Labute approximate surface area is 180 Å². The number of hydrogen-bond donors (Lipinski definition) is 4. The topological polar surface area (TPSA) is 194 Å². The van der Waals surface area contributed by atoms with Gasteiger partial charge in [0.1, 0.15) is 0 Å². The Morgan fingerprint density at radius 2 is 1.84 bits per heavy atom. The van der Waals surface area contributed by atoms with Crippen LogP contribution in [-0.4, -0.2) is 74.9 Å². The molecule has 0 radical (unpaired) electrons. The van der Waals surface area contributed by atoms with E-state index < -0.39 is 87.4 Å². The number of carbonyl (C=O) groups excluding carboxylic acids is 5. The van der Waals surface area contributed by atoms with E-state index in [0.717, 1.165) is 0 Å². The molecule has 170 valence electrons. The number of aromatic nitrogens is 1. The summed E-state index contributed by atoms with van der Waals surface area (Å²) in [5.74, 6) is -14.1. The third-order valence-corrected chi connectivity index (χ3v) is 6.90. The Hall–Kier alpha value is -3.25. The van der Waals surface area contributed by atoms with Gasteiger partial charge in [-0.15, -0.1) is 0 Å². The highest BCUT2D eigenvalue weighted by Gasteiger charge is 2.69. The number of pyridine rings is 1. The number of rotatable bonds is 2. The first-order valence-corrected chi connectivity index (χ1v) is 9.85. The number of ketones is 4. The zero-order valence-electron chi connectivity index (χ0n) is 17.2. The number of amides is 1. The number of nitrogen functional groups attached to an aromatic ring is 1. The van der Waals surface area contributed by atoms with Crippen molar-refractivity contribution in [2.75, 3.05) is 19.8 Å². The maximum Gasteiger partial charge on any atom is 0.235 e. The molecular weight excluding hydrogens is 427 g/mol. The van der Waals surface area contributed by atoms with Crippen LogP contribution < -0.4 is 11.5 Å². The molecule has 6 atom stereocenters. The monoisotopic (exact) mass is 448 g/mol. The average molecular weight is 448 g/mol. The highest BCUT2D eigenvalue weighted by atomic mass is 19.1. The van der Waals surface area contributed by atoms with Crippen LogP contribution in [0.1, 0.15) is 22.3 Å². The van der Waals surface area contributed by atoms with Gasteiger partial charge in [-0.25, -0.2) is 0 Å². The maximum atomic E-state index is 14.5. The summed E-state index contributed by atoms with van der Waals surface area (Å²) in [6.45, 7) is 0. The van der Waals surface area contributed by atoms with E-state index in [-0.39, 0.29) is 18.4 Å². The van der Waals surface area contributed by atoms with Crippen LogP contribution in [-0.2, 0) is 25.6 Å². The smallest absolute Gasteiger partial charge is 0.235 e. The minimum absolute atomic E-state index is 0.172. The van der Waals surface area contributed by atoms with Gasteiger partial charge in [0, 0.05) is 11.5 Å². The van der Waals surface area contributed by atoms with E-state index in [0.29, 0.717) is 0 Å². The summed E-state index contributed by atoms with van der Waals surface area (Å²) in [5, 5.41) is 21.6. The maximum absolute atomic E-state index is 14.5. The Morgan fingerprint density at radius 3 is 2.41 bits per heavy atom. The number of likely N-dealkylation sites (N-methyl/N-ethyl adjacent to an activating group) is 1. The van der Waals surface area contributed by atoms with Crippen molar-refractivity contribution in [3.63, 3.8) is 0 Å². The van der Waals surface area contributed by atoms with E-state index in [1.54, 1.807) is 0 Å². The quantitative estimate of drug-likeness (QED) is 0.290. The van der Waals surface area contributed by atoms with Crippen LogP contribution in [0, 0.1) is 29.6 Å². The highest BCUT2D eigenvalue weighted by Crippen LogP contribution is 2.51. The molecule has 12 heteroatoms. The summed E-state index contributed by atoms with van der Waals surface area (Å²) >= 11 is 0. The lowest BCUT2D eigenvalue weighted by Gasteiger charge is -2.52. The van der Waals surface area contributed by atoms with Crippen LogP contribution in [0.15, 0.2) is 0 Å². The van der Waals surface area contributed by atoms with Crippen molar-refractivity contribution in [1.29, 1.82) is 0 Å². The largest absolute Gasteiger partial charge is 0.504 e. The molecule has 3 aliphatic carbocycles. The first-order chi connectivity index (χ1) is 14.8. The molecular formula is C20H21FN4O7. The molecule has 2 unspecified atom stereocenters. The molecule has 0 bridgehead atoms. The summed E-state index contributed by atoms with van der Waals surface area (Å²) in [5.41, 5.74) is 7.09. The zero-order chi connectivity index (χ0) is 23.9. The molecule has 1 aromatic heterocycles. The summed E-state index contributed by atoms with van der Waals surface area (Å²) in [6, 6.07) is -1.22. The molecule has 2 saturated carbocycles. The molecule has 0 aliphatic heterocycles. The SMILES string of the molecule is CN(C)[C@@H]1C(=O)C(C(N)=O)C(=O)[C@@]2(O)C(=O)C3C(=O)c4c(O)c(N)nc(F)c4C[C@H]3C[C@@H]12. The number of aliphatic hydroxyl groups is 1. The van der Waals surface area contributed by atoms with Crippen molar-refractivity contribution in [3.8, 4) is 5.75 Å². The fraction of sp³-hybridized carbons (Fsp3) is 0.500. The second-order valence-electron chi connectivity index (χ2n) is 8.78. The van der Waals surface area contributed by atoms with E-state index in [9.17, 15) is 38.6 Å². The molecule has 2 fully saturated rings. The number of fused-ring (bicyclic) bond motifs is 3. The van der Waals surface area contributed by atoms with Crippen LogP contribution in [0.5, 0.6) is 5.75 Å². The number of carbonyl (C=O) groups is 5. The number of nitrogens with two attached hydrogens (primary N) is 2. The number of primary amides is 1. The molecule has 0 saturated heterocycles. The summed E-state index contributed by atoms with van der Waals surface area (Å²) in [4.78, 5) is 69.2. The zero-order valence-corrected chi connectivity index (χ0v) is 17.2. The summed E-state index contributed by atoms with van der Waals surface area (Å²) in [7, 11) is 2.94. The Morgan fingerprint density at radius 1 is 1.22 bits per heavy atom. The molecule has 4 rings (SSSR count). The lowest BCUT2D eigenvalue weighted by molar-refractivity contribution is -0.181. The van der Waals surface area contributed by atoms with Gasteiger partial charge < -0.3 is 21.7 Å². The van der Waals surface area contributed by atoms with Gasteiger partial charge in [0.15, 0.2) is 46.2 Å². The van der Waals surface area contributed by atoms with Gasteiger partial charge in [-0.2, -0.15) is 9.37 Å². The molecule has 1 amide bonds. The van der Waals surface area contributed by atoms with Gasteiger partial charge >= 0.3 is 0 Å². The van der Waals surface area contributed by atoms with E-state index >= 15 is 0 Å². The fourth-order valence-electron chi connectivity index (χ4n) is 5.53. The second-order valence-corrected chi connectivity index (χ2v) is 8.78. The van der Waals surface area contributed by atoms with Gasteiger partial charge in [0.05, 0.1) is 17.5 Å². The van der Waals surface area contributed by atoms with Crippen LogP contribution in [0.3, 0.4) is 0 Å². The molecule has 6 N–H and O–H groups in total. The Balaban J connectivity index is 1.89. The number of Topliss-reactive ketones (excluding diaryl/α,β-unsaturated/α-hetero) is 4. The first kappa shape index (κ1) is 22.0. The van der Waals surface area contributed by atoms with Gasteiger partial charge in [0.2, 0.25) is 11.9 Å². The fourth-order valence-corrected chi connectivity index (χ4v) is 5.53. The van der Waals surface area contributed by atoms with Gasteiger partial charge in [-0.3, -0.25) is 28.9 Å². The number of hydrogen-bond acceptors (Lipinski definition) is 10. The van der Waals surface area contributed by atoms with Crippen molar-refractivity contribution >= 4 is 34.9 Å². The average Bonchev–Trinajstić information content (AvgIpc) is 2.68. The van der Waals surface area contributed by atoms with Crippen molar-refractivity contribution in [2.45, 2.75) is 24.5 Å². The number of halogens is 1. The normalized spacial score (nSPS) is 34.2. The second kappa shape index (κ2) is 6.87. The highest BCUT2D eigenvalue weighted by molar-refractivity contribution is 6.32. The van der Waals surface area contributed by atoms with Crippen LogP contribution in [0.25, 0.3) is 0 Å². The lowest BCUT2D eigenvalue weighted by atomic mass is 9.52. The van der Waals surface area contributed by atoms with E-state index in [2.05, 4.69) is 4.98 Å². The molecule has 1 aromatic rings. The first-order valence-electron chi connectivity index (χ1n) is 9.85. The van der Waals surface area contributed by atoms with Crippen molar-refractivity contribution < 1.29 is 38.6 Å². The van der Waals surface area contributed by atoms with Gasteiger partial charge in [0.25, 0.3) is 0 Å². The molecule has 32 heavy (non-hydrogen) atoms. The molecule has 3 aliphatic rings. The standard InChI is InChI=1S/C20H21FN4O7/c1-25(2)11-7-4-5-3-6-9(14(28)18(22)24-17(6)21)12(26)8(5)15(29)20(7,32)16(30)10(13(11)27)19(23)31/h5,7-8,10-11,28,32H,3-4H2,1-2H3,(H2,22,24)(H2,23,31)/t5-,7-,8?,10?,11-,20-/m0/s1. The number of nitrogens with zero attached hydrogens (tertiary/aromatic N) is 2. The van der Waals surface area contributed by atoms with Crippen LogP contribution in [0.2, 0.25) is 0 Å². The summed E-state index contributed by atoms with van der Waals surface area (Å²) in [6.07, 6.45) is -0.382. The molecule has 11 nitrogen and oxygen atoms in total. The van der Waals surface area contributed by atoms with Crippen LogP contribution in [0.4, 0.5) is 10.2 Å². The number of anilines is 1. The van der Waals surface area contributed by atoms with Crippen molar-refractivity contribution in [3.05, 3.63) is 17.1 Å². The molecule has 1 heterocycles. The van der Waals surface area contributed by atoms with Gasteiger partial charge in [-0.05, 0) is 32.9 Å². The third-order valence-electron chi connectivity index (χ3n) is 6.90. The van der Waals surface area contributed by atoms with Crippen molar-refractivity contribution in [2.24, 2.45) is 29.4 Å². The Bertz CT molecular complexity index is 1120.